The molecule has 6 nitrogen and oxygen atoms in total. The Balaban J connectivity index is 1.78. The number of nitrogens with two attached hydrogens (primary N) is 1. The van der Waals surface area contributed by atoms with Gasteiger partial charge in [0.25, 0.3) is 0 Å². The van der Waals surface area contributed by atoms with Crippen LogP contribution in [0.5, 0.6) is 0 Å². The van der Waals surface area contributed by atoms with E-state index in [-0.39, 0.29) is 0 Å². The number of nitrogens with zero attached hydrogens (tertiary/aromatic N) is 3. The van der Waals surface area contributed by atoms with E-state index >= 15 is 0 Å². The smallest absolute Gasteiger partial charge is 0.243 e. The van der Waals surface area contributed by atoms with Gasteiger partial charge in [-0.15, -0.1) is 5.10 Å². The molecule has 6 heteroatoms. The Labute approximate surface area is 89.2 Å². The van der Waals surface area contributed by atoms with E-state index in [2.05, 4.69) is 32.3 Å². The third kappa shape index (κ3) is 2.82. The minimum absolute atomic E-state index is 0.346. The predicted octanol–water partition coefficient (Wildman–Crippen LogP) is 0.283. The number of H-pyrrole nitrogens is 1. The number of aromatic amines is 1. The second-order valence-electron chi connectivity index (χ2n) is 4.10. The van der Waals surface area contributed by atoms with Gasteiger partial charge in [-0.05, 0) is 32.9 Å². The summed E-state index contributed by atoms with van der Waals surface area (Å²) < 4.78 is 0. The van der Waals surface area contributed by atoms with Crippen molar-refractivity contribution in [2.45, 2.75) is 25.8 Å². The SMILES string of the molecule is CC(CN1CCCC1)Nc1n[nH]c(N)n1. The lowest BCUT2D eigenvalue weighted by molar-refractivity contribution is 0.327. The molecule has 0 radical (unpaired) electrons. The van der Waals surface area contributed by atoms with Crippen LogP contribution < -0.4 is 11.1 Å². The van der Waals surface area contributed by atoms with Gasteiger partial charge < -0.3 is 16.0 Å². The molecule has 0 aromatic carbocycles. The molecule has 0 saturated carbocycles. The van der Waals surface area contributed by atoms with Crippen LogP contribution in [0.15, 0.2) is 0 Å². The van der Waals surface area contributed by atoms with Gasteiger partial charge in [0.05, 0.1) is 0 Å². The van der Waals surface area contributed by atoms with Gasteiger partial charge in [0.15, 0.2) is 0 Å². The third-order valence-electron chi connectivity index (χ3n) is 2.61. The first kappa shape index (κ1) is 10.2. The molecule has 1 aliphatic rings. The molecule has 1 fully saturated rings. The molecule has 1 saturated heterocycles. The number of nitrogens with one attached hydrogen (secondary N) is 2. The highest BCUT2D eigenvalue weighted by molar-refractivity contribution is 5.30. The Bertz CT molecular complexity index is 303. The molecule has 4 N–H and O–H groups in total. The monoisotopic (exact) mass is 210 g/mol. The third-order valence-corrected chi connectivity index (χ3v) is 2.61. The zero-order chi connectivity index (χ0) is 10.7. The van der Waals surface area contributed by atoms with Crippen molar-refractivity contribution >= 4 is 11.9 Å². The number of hydrogen-bond acceptors (Lipinski definition) is 5. The van der Waals surface area contributed by atoms with E-state index in [4.69, 9.17) is 5.73 Å². The summed E-state index contributed by atoms with van der Waals surface area (Å²) >= 11 is 0. The molecular weight excluding hydrogens is 192 g/mol. The molecule has 0 spiro atoms. The molecular formula is C9H18N6. The van der Waals surface area contributed by atoms with Gasteiger partial charge in [-0.25, -0.2) is 5.10 Å². The van der Waals surface area contributed by atoms with Crippen LogP contribution >= 0.6 is 0 Å². The van der Waals surface area contributed by atoms with Crippen molar-refractivity contribution in [2.75, 3.05) is 30.7 Å². The number of anilines is 2. The Morgan fingerprint density at radius 3 is 2.87 bits per heavy atom. The summed E-state index contributed by atoms with van der Waals surface area (Å²) in [6.07, 6.45) is 2.64. The van der Waals surface area contributed by atoms with E-state index in [1.807, 2.05) is 0 Å². The molecule has 1 aromatic rings. The van der Waals surface area contributed by atoms with Gasteiger partial charge in [-0.2, -0.15) is 4.98 Å². The van der Waals surface area contributed by atoms with E-state index in [0.29, 0.717) is 17.9 Å². The maximum atomic E-state index is 5.44. The number of likely N-dealkylation sites (tertiary alicyclic amines) is 1. The lowest BCUT2D eigenvalue weighted by Gasteiger charge is -2.20. The quantitative estimate of drug-likeness (QED) is 0.665. The maximum absolute atomic E-state index is 5.44. The summed E-state index contributed by atoms with van der Waals surface area (Å²) in [6.45, 7) is 5.59. The summed E-state index contributed by atoms with van der Waals surface area (Å²) in [5.74, 6) is 0.935. The summed E-state index contributed by atoms with van der Waals surface area (Å²) in [7, 11) is 0. The summed E-state index contributed by atoms with van der Waals surface area (Å²) in [5.41, 5.74) is 5.44. The Morgan fingerprint density at radius 2 is 2.27 bits per heavy atom. The van der Waals surface area contributed by atoms with Crippen molar-refractivity contribution in [3.63, 3.8) is 0 Å². The van der Waals surface area contributed by atoms with Gasteiger partial charge in [0, 0.05) is 12.6 Å². The molecule has 0 aliphatic carbocycles. The summed E-state index contributed by atoms with van der Waals surface area (Å²) in [5, 5.41) is 9.76. The van der Waals surface area contributed by atoms with Crippen LogP contribution in [0.3, 0.4) is 0 Å². The van der Waals surface area contributed by atoms with Gasteiger partial charge in [-0.1, -0.05) is 0 Å². The van der Waals surface area contributed by atoms with Crippen LogP contribution in [0.25, 0.3) is 0 Å². The summed E-state index contributed by atoms with van der Waals surface area (Å²) in [4.78, 5) is 6.46. The van der Waals surface area contributed by atoms with E-state index in [1.165, 1.54) is 25.9 Å². The molecule has 1 unspecified atom stereocenters. The van der Waals surface area contributed by atoms with Crippen LogP contribution in [-0.2, 0) is 0 Å². The second kappa shape index (κ2) is 4.48. The standard InChI is InChI=1S/C9H18N6/c1-7(6-15-4-2-3-5-15)11-9-12-8(10)13-14-9/h7H,2-6H2,1H3,(H4,10,11,12,13,14). The Hall–Kier alpha value is -1.30. The van der Waals surface area contributed by atoms with Gasteiger partial charge in [0.1, 0.15) is 0 Å². The number of aromatic nitrogens is 3. The van der Waals surface area contributed by atoms with Crippen molar-refractivity contribution in [2.24, 2.45) is 0 Å². The number of nitrogen functional groups attached to an aromatic ring is 1. The van der Waals surface area contributed by atoms with Crippen molar-refractivity contribution in [1.82, 2.24) is 20.1 Å². The molecule has 0 bridgehead atoms. The van der Waals surface area contributed by atoms with E-state index in [0.717, 1.165) is 6.54 Å². The van der Waals surface area contributed by atoms with E-state index < -0.39 is 0 Å². The van der Waals surface area contributed by atoms with Crippen LogP contribution in [0.1, 0.15) is 19.8 Å². The fourth-order valence-electron chi connectivity index (χ4n) is 1.96. The first-order valence-corrected chi connectivity index (χ1v) is 5.41. The fraction of sp³-hybridized carbons (Fsp3) is 0.778. The van der Waals surface area contributed by atoms with Crippen molar-refractivity contribution < 1.29 is 0 Å². The zero-order valence-corrected chi connectivity index (χ0v) is 9.03. The lowest BCUT2D eigenvalue weighted by Crippen LogP contribution is -2.33. The topological polar surface area (TPSA) is 82.9 Å². The second-order valence-corrected chi connectivity index (χ2v) is 4.10. The largest absolute Gasteiger partial charge is 0.368 e. The highest BCUT2D eigenvalue weighted by Crippen LogP contribution is 2.09. The Morgan fingerprint density at radius 1 is 1.53 bits per heavy atom. The minimum Gasteiger partial charge on any atom is -0.368 e. The number of hydrogen-bond donors (Lipinski definition) is 3. The first-order valence-electron chi connectivity index (χ1n) is 5.41. The first-order chi connectivity index (χ1) is 7.24. The molecule has 84 valence electrons. The summed E-state index contributed by atoms with van der Waals surface area (Å²) in [6, 6.07) is 0.346. The van der Waals surface area contributed by atoms with Crippen LogP contribution in [0.4, 0.5) is 11.9 Å². The van der Waals surface area contributed by atoms with Gasteiger partial charge >= 0.3 is 0 Å². The van der Waals surface area contributed by atoms with Gasteiger partial charge in [-0.3, -0.25) is 0 Å². The van der Waals surface area contributed by atoms with Crippen LogP contribution in [0.2, 0.25) is 0 Å². The van der Waals surface area contributed by atoms with Crippen molar-refractivity contribution in [1.29, 1.82) is 0 Å². The van der Waals surface area contributed by atoms with E-state index in [1.54, 1.807) is 0 Å². The van der Waals surface area contributed by atoms with Gasteiger partial charge in [0.2, 0.25) is 11.9 Å². The molecule has 15 heavy (non-hydrogen) atoms. The number of rotatable bonds is 4. The molecule has 1 aliphatic heterocycles. The average molecular weight is 210 g/mol. The highest BCUT2D eigenvalue weighted by Gasteiger charge is 2.15. The van der Waals surface area contributed by atoms with Crippen LogP contribution in [0, 0.1) is 0 Å². The van der Waals surface area contributed by atoms with Crippen molar-refractivity contribution in [3.05, 3.63) is 0 Å². The Kier molecular flexibility index (Phi) is 3.05. The maximum Gasteiger partial charge on any atom is 0.243 e. The van der Waals surface area contributed by atoms with Crippen LogP contribution in [-0.4, -0.2) is 45.8 Å². The minimum atomic E-state index is 0.346. The zero-order valence-electron chi connectivity index (χ0n) is 9.03. The van der Waals surface area contributed by atoms with E-state index in [9.17, 15) is 0 Å². The molecule has 2 rings (SSSR count). The average Bonchev–Trinajstić information content (AvgIpc) is 2.77. The molecule has 2 heterocycles. The molecule has 1 atom stereocenters. The lowest BCUT2D eigenvalue weighted by atomic mass is 10.3. The fourth-order valence-corrected chi connectivity index (χ4v) is 1.96. The normalized spacial score (nSPS) is 19.3. The highest BCUT2D eigenvalue weighted by atomic mass is 15.3. The predicted molar refractivity (Wildman–Crippen MR) is 59.6 cm³/mol. The van der Waals surface area contributed by atoms with Crippen molar-refractivity contribution in [3.8, 4) is 0 Å². The molecule has 1 aromatic heterocycles. The molecule has 0 amide bonds.